The fraction of sp³-hybridized carbons (Fsp3) is 0.200. The lowest BCUT2D eigenvalue weighted by atomic mass is 10.1. The van der Waals surface area contributed by atoms with Gasteiger partial charge in [0.25, 0.3) is 11.2 Å². The Morgan fingerprint density at radius 2 is 1.83 bits per heavy atom. The van der Waals surface area contributed by atoms with Crippen LogP contribution in [0.4, 0.5) is 15.8 Å². The number of likely N-dealkylation sites (N-methyl/N-ethyl adjacent to an activating group) is 1. The average molecular weight is 432 g/mol. The van der Waals surface area contributed by atoms with Gasteiger partial charge in [-0.1, -0.05) is 23.7 Å². The van der Waals surface area contributed by atoms with E-state index in [1.807, 2.05) is 19.0 Å². The van der Waals surface area contributed by atoms with Crippen molar-refractivity contribution >= 4 is 23.0 Å². The second-order valence-electron chi connectivity index (χ2n) is 6.77. The van der Waals surface area contributed by atoms with Crippen molar-refractivity contribution in [3.63, 3.8) is 0 Å². The Morgan fingerprint density at radius 1 is 1.20 bits per heavy atom. The number of benzene rings is 2. The topological polar surface area (TPSA) is 93.3 Å². The molecule has 0 bridgehead atoms. The molecule has 0 radical (unpaired) electrons. The first-order valence-electron chi connectivity index (χ1n) is 8.96. The Balaban J connectivity index is 1.82. The van der Waals surface area contributed by atoms with E-state index in [4.69, 9.17) is 11.6 Å². The molecule has 2 aromatic carbocycles. The average Bonchev–Trinajstić information content (AvgIpc) is 2.72. The van der Waals surface area contributed by atoms with Crippen LogP contribution in [0.5, 0.6) is 0 Å². The third-order valence-corrected chi connectivity index (χ3v) is 4.95. The van der Waals surface area contributed by atoms with Gasteiger partial charge in [-0.2, -0.15) is 9.78 Å². The molecule has 10 heteroatoms. The van der Waals surface area contributed by atoms with Crippen LogP contribution < -0.4 is 10.9 Å². The summed E-state index contributed by atoms with van der Waals surface area (Å²) in [6, 6.07) is 11.5. The van der Waals surface area contributed by atoms with E-state index in [0.29, 0.717) is 17.9 Å². The molecule has 0 saturated heterocycles. The van der Waals surface area contributed by atoms with Crippen LogP contribution in [0.1, 0.15) is 11.6 Å². The molecule has 3 aromatic rings. The van der Waals surface area contributed by atoms with E-state index in [0.717, 1.165) is 10.2 Å². The van der Waals surface area contributed by atoms with E-state index < -0.39 is 10.5 Å². The number of nitrogens with zero attached hydrogens (tertiary/aromatic N) is 4. The van der Waals surface area contributed by atoms with Crippen LogP contribution in [0.3, 0.4) is 0 Å². The highest BCUT2D eigenvalue weighted by Crippen LogP contribution is 2.22. The number of non-ortho nitro benzene ring substituents is 1. The smallest absolute Gasteiger partial charge is 0.292 e. The van der Waals surface area contributed by atoms with Crippen LogP contribution in [0, 0.1) is 15.9 Å². The fourth-order valence-corrected chi connectivity index (χ4v) is 3.14. The van der Waals surface area contributed by atoms with E-state index in [9.17, 15) is 19.3 Å². The standard InChI is InChI=1S/C20H19ClFN5O3/c1-25(2)18(13-3-5-14(22)6-4-13)12-23-17-11-24-26(20(28)19(17)21)15-7-9-16(10-8-15)27(29)30/h3-11,18,23H,12H2,1-2H3. The lowest BCUT2D eigenvalue weighted by Crippen LogP contribution is -2.28. The van der Waals surface area contributed by atoms with Gasteiger partial charge in [0.1, 0.15) is 10.8 Å². The van der Waals surface area contributed by atoms with Crippen molar-refractivity contribution in [3.8, 4) is 5.69 Å². The van der Waals surface area contributed by atoms with Crippen molar-refractivity contribution in [2.75, 3.05) is 26.0 Å². The number of anilines is 1. The summed E-state index contributed by atoms with van der Waals surface area (Å²) in [4.78, 5) is 24.8. The van der Waals surface area contributed by atoms with Gasteiger partial charge in [-0.3, -0.25) is 14.9 Å². The molecular weight excluding hydrogens is 413 g/mol. The maximum Gasteiger partial charge on any atom is 0.292 e. The van der Waals surface area contributed by atoms with Crippen molar-refractivity contribution in [2.24, 2.45) is 0 Å². The number of hydrogen-bond donors (Lipinski definition) is 1. The number of hydrogen-bond acceptors (Lipinski definition) is 6. The zero-order valence-electron chi connectivity index (χ0n) is 16.3. The maximum atomic E-state index is 13.2. The van der Waals surface area contributed by atoms with E-state index in [1.54, 1.807) is 12.1 Å². The second kappa shape index (κ2) is 9.02. The van der Waals surface area contributed by atoms with Crippen LogP contribution in [-0.2, 0) is 0 Å². The summed E-state index contributed by atoms with van der Waals surface area (Å²) in [6.45, 7) is 0.404. The van der Waals surface area contributed by atoms with Crippen molar-refractivity contribution < 1.29 is 9.31 Å². The van der Waals surface area contributed by atoms with Crippen molar-refractivity contribution in [1.82, 2.24) is 14.7 Å². The van der Waals surface area contributed by atoms with Gasteiger partial charge in [-0.05, 0) is 43.9 Å². The van der Waals surface area contributed by atoms with E-state index in [2.05, 4.69) is 10.4 Å². The highest BCUT2D eigenvalue weighted by Gasteiger charge is 2.17. The van der Waals surface area contributed by atoms with Crippen molar-refractivity contribution in [3.05, 3.63) is 91.6 Å². The van der Waals surface area contributed by atoms with Gasteiger partial charge in [-0.15, -0.1) is 0 Å². The summed E-state index contributed by atoms with van der Waals surface area (Å²) < 4.78 is 14.3. The number of nitro benzene ring substituents is 1. The van der Waals surface area contributed by atoms with Gasteiger partial charge in [-0.25, -0.2) is 4.39 Å². The highest BCUT2D eigenvalue weighted by molar-refractivity contribution is 6.32. The molecule has 1 N–H and O–H groups in total. The molecule has 8 nitrogen and oxygen atoms in total. The van der Waals surface area contributed by atoms with Crippen LogP contribution in [0.25, 0.3) is 5.69 Å². The van der Waals surface area contributed by atoms with Gasteiger partial charge in [0, 0.05) is 18.7 Å². The molecule has 156 valence electrons. The second-order valence-corrected chi connectivity index (χ2v) is 7.15. The molecule has 0 fully saturated rings. The van der Waals surface area contributed by atoms with Crippen LogP contribution in [-0.4, -0.2) is 40.2 Å². The molecule has 30 heavy (non-hydrogen) atoms. The summed E-state index contributed by atoms with van der Waals surface area (Å²) in [5.41, 5.74) is 0.966. The predicted octanol–water partition coefficient (Wildman–Crippen LogP) is 3.65. The minimum atomic E-state index is -0.557. The first-order valence-corrected chi connectivity index (χ1v) is 9.34. The number of nitrogens with one attached hydrogen (secondary N) is 1. The zero-order chi connectivity index (χ0) is 21.8. The maximum absolute atomic E-state index is 13.2. The van der Waals surface area contributed by atoms with Gasteiger partial charge < -0.3 is 10.2 Å². The molecule has 0 aliphatic rings. The monoisotopic (exact) mass is 431 g/mol. The normalized spacial score (nSPS) is 12.0. The molecule has 3 rings (SSSR count). The molecular formula is C20H19ClFN5O3. The molecule has 0 aliphatic carbocycles. The van der Waals surface area contributed by atoms with Crippen LogP contribution >= 0.6 is 11.6 Å². The Morgan fingerprint density at radius 3 is 2.40 bits per heavy atom. The minimum absolute atomic E-state index is 0.0556. The van der Waals surface area contributed by atoms with Gasteiger partial charge >= 0.3 is 0 Å². The predicted molar refractivity (Wildman–Crippen MR) is 113 cm³/mol. The Hall–Kier alpha value is -3.30. The molecule has 0 saturated carbocycles. The van der Waals surface area contributed by atoms with Crippen molar-refractivity contribution in [2.45, 2.75) is 6.04 Å². The number of halogens is 2. The summed E-state index contributed by atoms with van der Waals surface area (Å²) in [5, 5.41) is 18.0. The first kappa shape index (κ1) is 21.4. The number of aromatic nitrogens is 2. The summed E-state index contributed by atoms with van der Waals surface area (Å²) in [5.74, 6) is -0.314. The summed E-state index contributed by atoms with van der Waals surface area (Å²) in [7, 11) is 3.78. The summed E-state index contributed by atoms with van der Waals surface area (Å²) >= 11 is 6.25. The fourth-order valence-electron chi connectivity index (χ4n) is 2.95. The van der Waals surface area contributed by atoms with Crippen molar-refractivity contribution in [1.29, 1.82) is 0 Å². The lowest BCUT2D eigenvalue weighted by molar-refractivity contribution is -0.384. The molecule has 0 spiro atoms. The number of rotatable bonds is 7. The van der Waals surface area contributed by atoms with Crippen LogP contribution in [0.15, 0.2) is 59.5 Å². The minimum Gasteiger partial charge on any atom is -0.380 e. The molecule has 0 aliphatic heterocycles. The Labute approximate surface area is 176 Å². The van der Waals surface area contributed by atoms with Gasteiger partial charge in [0.2, 0.25) is 0 Å². The quantitative estimate of drug-likeness (QED) is 0.453. The third kappa shape index (κ3) is 4.64. The van der Waals surface area contributed by atoms with E-state index in [-0.39, 0.29) is 22.6 Å². The van der Waals surface area contributed by atoms with Gasteiger partial charge in [0.05, 0.1) is 28.5 Å². The number of nitro groups is 1. The summed E-state index contributed by atoms with van der Waals surface area (Å²) in [6.07, 6.45) is 1.42. The Kier molecular flexibility index (Phi) is 6.43. The largest absolute Gasteiger partial charge is 0.380 e. The molecule has 1 aromatic heterocycles. The van der Waals surface area contributed by atoms with Crippen LogP contribution in [0.2, 0.25) is 5.02 Å². The van der Waals surface area contributed by atoms with E-state index >= 15 is 0 Å². The zero-order valence-corrected chi connectivity index (χ0v) is 17.0. The molecule has 1 heterocycles. The van der Waals surface area contributed by atoms with E-state index in [1.165, 1.54) is 42.6 Å². The molecule has 0 amide bonds. The lowest BCUT2D eigenvalue weighted by Gasteiger charge is -2.25. The molecule has 1 unspecified atom stereocenters. The first-order chi connectivity index (χ1) is 14.3. The van der Waals surface area contributed by atoms with Gasteiger partial charge in [0.15, 0.2) is 0 Å². The SMILES string of the molecule is CN(C)C(CNc1cnn(-c2ccc([N+](=O)[O-])cc2)c(=O)c1Cl)c1ccc(F)cc1. The Bertz CT molecular complexity index is 1100. The highest BCUT2D eigenvalue weighted by atomic mass is 35.5. The third-order valence-electron chi connectivity index (χ3n) is 4.59. The molecule has 1 atom stereocenters.